The monoisotopic (exact) mass is 298 g/mol. The number of carboxylic acids is 1. The molecule has 0 aromatic carbocycles. The maximum absolute atomic E-state index is 10.6. The van der Waals surface area contributed by atoms with Crippen molar-refractivity contribution in [3.05, 3.63) is 16.1 Å². The van der Waals surface area contributed by atoms with Crippen molar-refractivity contribution in [1.82, 2.24) is 9.88 Å². The fourth-order valence-corrected chi connectivity index (χ4v) is 2.90. The summed E-state index contributed by atoms with van der Waals surface area (Å²) in [4.78, 5) is 17.6. The first-order valence-electron chi connectivity index (χ1n) is 7.11. The van der Waals surface area contributed by atoms with Crippen LogP contribution in [0.4, 0.5) is 0 Å². The third-order valence-corrected chi connectivity index (χ3v) is 4.06. The summed E-state index contributed by atoms with van der Waals surface area (Å²) in [6, 6.07) is 0.394. The van der Waals surface area contributed by atoms with Crippen molar-refractivity contribution in [2.24, 2.45) is 0 Å². The third-order valence-electron chi connectivity index (χ3n) is 3.22. The zero-order chi connectivity index (χ0) is 15.3. The first kappa shape index (κ1) is 17.1. The number of thiazole rings is 1. The van der Waals surface area contributed by atoms with Crippen LogP contribution >= 0.6 is 11.3 Å². The molecule has 0 radical (unpaired) electrons. The van der Waals surface area contributed by atoms with Crippen LogP contribution < -0.4 is 0 Å². The number of rotatable bonds is 7. The van der Waals surface area contributed by atoms with Gasteiger partial charge in [0.05, 0.1) is 12.2 Å². The van der Waals surface area contributed by atoms with Crippen molar-refractivity contribution in [3.63, 3.8) is 0 Å². The van der Waals surface area contributed by atoms with Crippen molar-refractivity contribution >= 4 is 17.3 Å². The SMILES string of the molecule is CC(C)N(CCCC(=O)O)Cc1nc(C(C)(C)C)cs1. The normalized spacial score (nSPS) is 12.3. The van der Waals surface area contributed by atoms with E-state index in [-0.39, 0.29) is 11.8 Å². The van der Waals surface area contributed by atoms with Gasteiger partial charge in [0.15, 0.2) is 0 Å². The molecule has 0 aliphatic rings. The van der Waals surface area contributed by atoms with Crippen molar-refractivity contribution in [1.29, 1.82) is 0 Å². The van der Waals surface area contributed by atoms with Gasteiger partial charge in [-0.15, -0.1) is 11.3 Å². The molecule has 0 unspecified atom stereocenters. The summed E-state index contributed by atoms with van der Waals surface area (Å²) in [5.41, 5.74) is 1.22. The molecular formula is C15H26N2O2S. The number of aliphatic carboxylic acids is 1. The number of nitrogens with zero attached hydrogens (tertiary/aromatic N) is 2. The highest BCUT2D eigenvalue weighted by Crippen LogP contribution is 2.24. The average Bonchev–Trinajstić information content (AvgIpc) is 2.75. The minimum Gasteiger partial charge on any atom is -0.481 e. The second-order valence-corrected chi connectivity index (χ2v) is 7.38. The van der Waals surface area contributed by atoms with Crippen molar-refractivity contribution < 1.29 is 9.90 Å². The predicted octanol–water partition coefficient (Wildman–Crippen LogP) is 3.52. The van der Waals surface area contributed by atoms with Gasteiger partial charge in [0.25, 0.3) is 0 Å². The molecule has 1 aromatic rings. The van der Waals surface area contributed by atoms with E-state index in [1.54, 1.807) is 11.3 Å². The second kappa shape index (κ2) is 7.18. The van der Waals surface area contributed by atoms with Gasteiger partial charge in [0.1, 0.15) is 5.01 Å². The quantitative estimate of drug-likeness (QED) is 0.837. The van der Waals surface area contributed by atoms with Gasteiger partial charge < -0.3 is 5.11 Å². The van der Waals surface area contributed by atoms with Crippen LogP contribution in [0.3, 0.4) is 0 Å². The van der Waals surface area contributed by atoms with Crippen molar-refractivity contribution in [3.8, 4) is 0 Å². The van der Waals surface area contributed by atoms with Crippen LogP contribution in [-0.2, 0) is 16.8 Å². The zero-order valence-electron chi connectivity index (χ0n) is 13.1. The average molecular weight is 298 g/mol. The van der Waals surface area contributed by atoms with E-state index in [4.69, 9.17) is 10.1 Å². The summed E-state index contributed by atoms with van der Waals surface area (Å²) in [6.07, 6.45) is 0.916. The smallest absolute Gasteiger partial charge is 0.303 e. The molecule has 5 heteroatoms. The van der Waals surface area contributed by atoms with Gasteiger partial charge in [-0.3, -0.25) is 9.69 Å². The predicted molar refractivity (Wildman–Crippen MR) is 83.2 cm³/mol. The van der Waals surface area contributed by atoms with Gasteiger partial charge in [-0.2, -0.15) is 0 Å². The molecule has 1 aromatic heterocycles. The highest BCUT2D eigenvalue weighted by Gasteiger charge is 2.19. The molecule has 1 N–H and O–H groups in total. The van der Waals surface area contributed by atoms with Crippen LogP contribution in [0.25, 0.3) is 0 Å². The summed E-state index contributed by atoms with van der Waals surface area (Å²) < 4.78 is 0. The van der Waals surface area contributed by atoms with Crippen LogP contribution in [0.5, 0.6) is 0 Å². The number of hydrogen-bond acceptors (Lipinski definition) is 4. The van der Waals surface area contributed by atoms with Gasteiger partial charge in [-0.1, -0.05) is 20.8 Å². The number of aromatic nitrogens is 1. The van der Waals surface area contributed by atoms with Gasteiger partial charge in [0, 0.05) is 23.3 Å². The minimum atomic E-state index is -0.724. The molecule has 0 aliphatic carbocycles. The molecule has 0 fully saturated rings. The Hall–Kier alpha value is -0.940. The Balaban J connectivity index is 2.61. The summed E-state index contributed by atoms with van der Waals surface area (Å²) in [6.45, 7) is 12.4. The molecule has 0 atom stereocenters. The van der Waals surface area contributed by atoms with Crippen LogP contribution in [0.2, 0.25) is 0 Å². The standard InChI is InChI=1S/C15H26N2O2S/c1-11(2)17(8-6-7-14(18)19)9-13-16-12(10-20-13)15(3,4)5/h10-11H,6-9H2,1-5H3,(H,18,19). The van der Waals surface area contributed by atoms with Crippen LogP contribution in [0.15, 0.2) is 5.38 Å². The van der Waals surface area contributed by atoms with E-state index in [0.29, 0.717) is 12.5 Å². The van der Waals surface area contributed by atoms with E-state index < -0.39 is 5.97 Å². The molecule has 0 saturated heterocycles. The molecule has 0 bridgehead atoms. The lowest BCUT2D eigenvalue weighted by molar-refractivity contribution is -0.137. The molecular weight excluding hydrogens is 272 g/mol. The summed E-state index contributed by atoms with van der Waals surface area (Å²) in [7, 11) is 0. The largest absolute Gasteiger partial charge is 0.481 e. The first-order valence-corrected chi connectivity index (χ1v) is 7.99. The van der Waals surface area contributed by atoms with E-state index in [0.717, 1.165) is 23.8 Å². The van der Waals surface area contributed by atoms with Crippen molar-refractivity contribution in [2.75, 3.05) is 6.54 Å². The molecule has 0 spiro atoms. The Morgan fingerprint density at radius 1 is 1.45 bits per heavy atom. The lowest BCUT2D eigenvalue weighted by Gasteiger charge is -2.25. The number of hydrogen-bond donors (Lipinski definition) is 1. The van der Waals surface area contributed by atoms with Gasteiger partial charge in [0.2, 0.25) is 0 Å². The molecule has 20 heavy (non-hydrogen) atoms. The summed E-state index contributed by atoms with van der Waals surface area (Å²) >= 11 is 1.69. The fraction of sp³-hybridized carbons (Fsp3) is 0.733. The number of carboxylic acid groups (broad SMARTS) is 1. The van der Waals surface area contributed by atoms with E-state index >= 15 is 0 Å². The maximum Gasteiger partial charge on any atom is 0.303 e. The Labute approximate surface area is 125 Å². The van der Waals surface area contributed by atoms with Gasteiger partial charge in [-0.05, 0) is 26.8 Å². The minimum absolute atomic E-state index is 0.0840. The Morgan fingerprint density at radius 3 is 2.55 bits per heavy atom. The van der Waals surface area contributed by atoms with E-state index in [1.807, 2.05) is 0 Å². The van der Waals surface area contributed by atoms with Gasteiger partial charge in [-0.25, -0.2) is 4.98 Å². The lowest BCUT2D eigenvalue weighted by Crippen LogP contribution is -2.31. The van der Waals surface area contributed by atoms with E-state index in [9.17, 15) is 4.79 Å². The van der Waals surface area contributed by atoms with E-state index in [2.05, 4.69) is 44.9 Å². The van der Waals surface area contributed by atoms with Gasteiger partial charge >= 0.3 is 5.97 Å². The molecule has 4 nitrogen and oxygen atoms in total. The number of carbonyl (C=O) groups is 1. The third kappa shape index (κ3) is 5.59. The summed E-state index contributed by atoms with van der Waals surface area (Å²) in [5.74, 6) is -0.724. The van der Waals surface area contributed by atoms with Crippen LogP contribution in [-0.4, -0.2) is 33.5 Å². The zero-order valence-corrected chi connectivity index (χ0v) is 14.0. The lowest BCUT2D eigenvalue weighted by atomic mass is 9.93. The summed E-state index contributed by atoms with van der Waals surface area (Å²) in [5, 5.41) is 12.0. The maximum atomic E-state index is 10.6. The van der Waals surface area contributed by atoms with Crippen LogP contribution in [0, 0.1) is 0 Å². The topological polar surface area (TPSA) is 53.4 Å². The highest BCUT2D eigenvalue weighted by atomic mass is 32.1. The molecule has 0 amide bonds. The molecule has 1 heterocycles. The second-order valence-electron chi connectivity index (χ2n) is 6.44. The molecule has 114 valence electrons. The Bertz CT molecular complexity index is 435. The molecule has 0 saturated carbocycles. The highest BCUT2D eigenvalue weighted by molar-refractivity contribution is 7.09. The van der Waals surface area contributed by atoms with Crippen LogP contribution in [0.1, 0.15) is 58.2 Å². The fourth-order valence-electron chi connectivity index (χ4n) is 1.85. The Morgan fingerprint density at radius 2 is 2.10 bits per heavy atom. The molecule has 0 aliphatic heterocycles. The van der Waals surface area contributed by atoms with E-state index in [1.165, 1.54) is 0 Å². The molecule has 1 rings (SSSR count). The van der Waals surface area contributed by atoms with Crippen molar-refractivity contribution in [2.45, 2.75) is 65.5 Å². The first-order chi connectivity index (χ1) is 9.20. The Kier molecular flexibility index (Phi) is 6.14.